The number of nitrogens with zero attached hydrogens (tertiary/aromatic N) is 4. The number of hydrogen-bond donors (Lipinski definition) is 3. The molecule has 4 heterocycles. The predicted molar refractivity (Wildman–Crippen MR) is 126 cm³/mol. The van der Waals surface area contributed by atoms with Crippen molar-refractivity contribution in [2.24, 2.45) is 5.92 Å². The summed E-state index contributed by atoms with van der Waals surface area (Å²) in [6.07, 6.45) is 5.94. The van der Waals surface area contributed by atoms with Gasteiger partial charge in [-0.1, -0.05) is 11.8 Å². The molecule has 3 aliphatic heterocycles. The number of aromatic nitrogens is 3. The number of amides is 3. The van der Waals surface area contributed by atoms with E-state index in [4.69, 9.17) is 0 Å². The second-order valence-electron chi connectivity index (χ2n) is 8.32. The van der Waals surface area contributed by atoms with Crippen LogP contribution in [0, 0.1) is 5.92 Å². The van der Waals surface area contributed by atoms with Gasteiger partial charge >= 0.3 is 35.5 Å². The summed E-state index contributed by atoms with van der Waals surface area (Å²) >= 11 is 2.51. The number of nitrogens with one attached hydrogen (secondary N) is 2. The number of carboxylic acids is 1. The number of aromatic amines is 1. The number of rotatable bonds is 8. The van der Waals surface area contributed by atoms with Gasteiger partial charge in [-0.3, -0.25) is 24.4 Å². The first-order valence-electron chi connectivity index (χ1n) is 10.6. The molecule has 5 rings (SSSR count). The van der Waals surface area contributed by atoms with Gasteiger partial charge in [0.05, 0.1) is 5.75 Å². The monoisotopic (exact) mass is 514 g/mol. The Kier molecular flexibility index (Phi) is 7.77. The summed E-state index contributed by atoms with van der Waals surface area (Å²) in [4.78, 5) is 56.8. The van der Waals surface area contributed by atoms with Crippen LogP contribution >= 0.6 is 23.5 Å². The Balaban J connectivity index is 0.00000274. The molecule has 0 spiro atoms. The molecular weight excluding hydrogens is 491 g/mol. The fourth-order valence-corrected chi connectivity index (χ4v) is 6.06. The van der Waals surface area contributed by atoms with E-state index in [1.807, 2.05) is 4.90 Å². The summed E-state index contributed by atoms with van der Waals surface area (Å²) in [5.41, 5.74) is 0.939. The van der Waals surface area contributed by atoms with Crippen LogP contribution in [0.4, 0.5) is 0 Å². The van der Waals surface area contributed by atoms with Crippen LogP contribution < -0.4 is 5.32 Å². The van der Waals surface area contributed by atoms with Crippen molar-refractivity contribution in [2.45, 2.75) is 35.8 Å². The van der Waals surface area contributed by atoms with Gasteiger partial charge < -0.3 is 15.3 Å². The van der Waals surface area contributed by atoms with Gasteiger partial charge in [0, 0.05) is 24.4 Å². The van der Waals surface area contributed by atoms with Crippen LogP contribution in [0.3, 0.4) is 0 Å². The van der Waals surface area contributed by atoms with Crippen LogP contribution in [0.2, 0.25) is 0 Å². The number of aliphatic carboxylic acids is 1. The van der Waals surface area contributed by atoms with E-state index in [2.05, 4.69) is 20.5 Å². The molecule has 3 amide bonds. The van der Waals surface area contributed by atoms with Crippen molar-refractivity contribution in [3.05, 3.63) is 29.2 Å². The van der Waals surface area contributed by atoms with E-state index in [0.29, 0.717) is 40.9 Å². The molecule has 2 atom stereocenters. The van der Waals surface area contributed by atoms with E-state index < -0.39 is 23.3 Å². The number of carbonyl (C=O) groups is 4. The number of β-lactam (4-membered cyclic amide) rings is 1. The number of H-pyrrole nitrogens is 1. The molecule has 0 radical (unpaired) electrons. The van der Waals surface area contributed by atoms with Gasteiger partial charge in [0.1, 0.15) is 23.4 Å². The summed E-state index contributed by atoms with van der Waals surface area (Å²) in [7, 11) is 0. The molecule has 3 fully saturated rings. The van der Waals surface area contributed by atoms with Crippen LogP contribution in [0.15, 0.2) is 34.4 Å². The van der Waals surface area contributed by atoms with Crippen LogP contribution in [-0.4, -0.2) is 119 Å². The molecule has 0 bridgehead atoms. The maximum atomic E-state index is 12.8. The third kappa shape index (κ3) is 5.08. The molecule has 14 heteroatoms. The molecule has 2 saturated heterocycles. The van der Waals surface area contributed by atoms with E-state index >= 15 is 0 Å². The summed E-state index contributed by atoms with van der Waals surface area (Å²) in [6, 6.07) is -0.791. The minimum atomic E-state index is -1.22. The number of hydrogen-bond acceptors (Lipinski definition) is 8. The average Bonchev–Trinajstić information content (AvgIpc) is 3.34. The molecule has 176 valence electrons. The van der Waals surface area contributed by atoms with Crippen molar-refractivity contribution in [3.63, 3.8) is 0 Å². The molecule has 11 nitrogen and oxygen atoms in total. The third-order valence-corrected chi connectivity index (χ3v) is 8.14. The first-order valence-corrected chi connectivity index (χ1v) is 12.6. The maximum absolute atomic E-state index is 12.8. The van der Waals surface area contributed by atoms with Crippen molar-refractivity contribution in [2.75, 3.05) is 24.6 Å². The second-order valence-corrected chi connectivity index (χ2v) is 10.4. The Morgan fingerprint density at radius 1 is 1.35 bits per heavy atom. The first-order chi connectivity index (χ1) is 15.9. The summed E-state index contributed by atoms with van der Waals surface area (Å²) in [6.45, 7) is 1.41. The Labute approximate surface area is 225 Å². The second kappa shape index (κ2) is 10.4. The Hall–Kier alpha value is -1.80. The Morgan fingerprint density at radius 3 is 2.82 bits per heavy atom. The van der Waals surface area contributed by atoms with Crippen molar-refractivity contribution >= 4 is 76.8 Å². The molecule has 1 aromatic heterocycles. The number of allylic oxidation sites excluding steroid dienone is 1. The Bertz CT molecular complexity index is 1070. The third-order valence-electron chi connectivity index (χ3n) is 5.98. The van der Waals surface area contributed by atoms with Crippen molar-refractivity contribution < 1.29 is 24.3 Å². The molecule has 1 aromatic rings. The van der Waals surface area contributed by atoms with E-state index in [-0.39, 0.29) is 52.8 Å². The zero-order valence-corrected chi connectivity index (χ0v) is 19.2. The summed E-state index contributed by atoms with van der Waals surface area (Å²) in [5.74, 6) is -1.12. The Morgan fingerprint density at radius 2 is 2.15 bits per heavy atom. The van der Waals surface area contributed by atoms with Gasteiger partial charge in [0.25, 0.3) is 5.91 Å². The number of likely N-dealkylation sites (tertiary alicyclic amines) is 1. The summed E-state index contributed by atoms with van der Waals surface area (Å²) < 4.78 is 0. The average molecular weight is 515 g/mol. The van der Waals surface area contributed by atoms with Crippen LogP contribution in [0.1, 0.15) is 19.3 Å². The molecule has 4 aliphatic rings. The number of thioether (sulfide) groups is 2. The fourth-order valence-electron chi connectivity index (χ4n) is 4.16. The van der Waals surface area contributed by atoms with Gasteiger partial charge in [-0.2, -0.15) is 0 Å². The van der Waals surface area contributed by atoms with Gasteiger partial charge in [0.2, 0.25) is 17.0 Å². The fraction of sp³-hybridized carbons (Fsp3) is 0.500. The zero-order valence-electron chi connectivity index (χ0n) is 17.5. The van der Waals surface area contributed by atoms with Gasteiger partial charge in [-0.05, 0) is 36.8 Å². The molecule has 1 aliphatic carbocycles. The minimum absolute atomic E-state index is 0. The van der Waals surface area contributed by atoms with Crippen molar-refractivity contribution in [1.82, 2.24) is 30.3 Å². The van der Waals surface area contributed by atoms with Gasteiger partial charge in [0.15, 0.2) is 0 Å². The van der Waals surface area contributed by atoms with E-state index in [0.717, 1.165) is 31.1 Å². The molecule has 0 unspecified atom stereocenters. The van der Waals surface area contributed by atoms with Crippen LogP contribution in [-0.2, 0) is 19.2 Å². The SMILES string of the molecule is O=C(CSc1nc[nH]n1)N[C@@H]1C(=O)N2C(C(=O)O)=C(/C=C3\CCN(CC4CC4)C3=O)CS[C@H]12.[NaH]. The topological polar surface area (TPSA) is 149 Å². The molecule has 0 aromatic carbocycles. The summed E-state index contributed by atoms with van der Waals surface area (Å²) in [5, 5.41) is 18.9. The molecule has 3 N–H and O–H groups in total. The number of carbonyl (C=O) groups excluding carboxylic acids is 3. The van der Waals surface area contributed by atoms with Crippen molar-refractivity contribution in [3.8, 4) is 0 Å². The first kappa shape index (κ1) is 25.3. The van der Waals surface area contributed by atoms with E-state index in [1.165, 1.54) is 23.0 Å². The van der Waals surface area contributed by atoms with Crippen LogP contribution in [0.5, 0.6) is 0 Å². The van der Waals surface area contributed by atoms with E-state index in [9.17, 15) is 24.3 Å². The standard InChI is InChI=1S/C20H22N6O5S2.Na.H/c27-13(8-33-20-21-9-22-24-20)23-14-17(29)26-15(19(30)31)12(7-32-18(14)26)5-11-3-4-25(16(11)28)6-10-1-2-10;;/h5,9-10,14,18H,1-4,6-8H2,(H,23,27)(H,30,31)(H,21,22,24);;/b11-5+;;/t14-,18-;;/m1../s1. The molecule has 34 heavy (non-hydrogen) atoms. The predicted octanol–water partition coefficient (Wildman–Crippen LogP) is -0.444. The van der Waals surface area contributed by atoms with Gasteiger partial charge in [-0.25, -0.2) is 9.78 Å². The molecule has 1 saturated carbocycles. The van der Waals surface area contributed by atoms with E-state index in [1.54, 1.807) is 6.08 Å². The normalized spacial score (nSPS) is 25.2. The number of carboxylic acid groups (broad SMARTS) is 1. The van der Waals surface area contributed by atoms with Gasteiger partial charge in [-0.15, -0.1) is 16.9 Å². The zero-order chi connectivity index (χ0) is 23.1. The number of fused-ring (bicyclic) bond motifs is 1. The van der Waals surface area contributed by atoms with Crippen molar-refractivity contribution in [1.29, 1.82) is 0 Å². The molecular formula is C20H23N6NaO5S2. The quantitative estimate of drug-likeness (QED) is 0.182. The van der Waals surface area contributed by atoms with Crippen LogP contribution in [0.25, 0.3) is 0 Å².